The second-order valence-corrected chi connectivity index (χ2v) is 8.00. The van der Waals surface area contributed by atoms with E-state index in [1.807, 2.05) is 77.7 Å². The molecule has 4 rings (SSSR count). The molecule has 0 aliphatic heterocycles. The summed E-state index contributed by atoms with van der Waals surface area (Å²) in [6.45, 7) is 1.01. The van der Waals surface area contributed by atoms with E-state index in [-0.39, 0.29) is 5.91 Å². The largest absolute Gasteiger partial charge is 0.497 e. The van der Waals surface area contributed by atoms with E-state index in [1.54, 1.807) is 13.2 Å². The maximum Gasteiger partial charge on any atom is 0.247 e. The number of ether oxygens (including phenoxy) is 1. The van der Waals surface area contributed by atoms with Crippen molar-refractivity contribution in [1.29, 1.82) is 0 Å². The van der Waals surface area contributed by atoms with Crippen LogP contribution >= 0.6 is 11.6 Å². The fraction of sp³-hybridized carbons (Fsp3) is 0.107. The molecule has 160 valence electrons. The van der Waals surface area contributed by atoms with Crippen LogP contribution in [0.15, 0.2) is 97.1 Å². The number of rotatable bonds is 7. The smallest absolute Gasteiger partial charge is 0.247 e. The Hall–Kier alpha value is -3.56. The molecule has 0 aromatic heterocycles. The Balaban J connectivity index is 1.61. The maximum absolute atomic E-state index is 13.2. The van der Waals surface area contributed by atoms with Crippen molar-refractivity contribution < 1.29 is 9.53 Å². The summed E-state index contributed by atoms with van der Waals surface area (Å²) in [6, 6.07) is 29.7. The number of methoxy groups -OCH3 is 1. The second kappa shape index (κ2) is 10.2. The van der Waals surface area contributed by atoms with Crippen LogP contribution < -0.4 is 4.74 Å². The molecular weight excluding hydrogens is 418 g/mol. The highest BCUT2D eigenvalue weighted by atomic mass is 35.5. The van der Waals surface area contributed by atoms with E-state index < -0.39 is 0 Å². The highest BCUT2D eigenvalue weighted by Crippen LogP contribution is 2.22. The third kappa shape index (κ3) is 5.37. The molecule has 0 heterocycles. The van der Waals surface area contributed by atoms with Gasteiger partial charge in [-0.15, -0.1) is 0 Å². The summed E-state index contributed by atoms with van der Waals surface area (Å²) >= 11 is 5.97. The molecule has 0 bridgehead atoms. The number of hydrogen-bond acceptors (Lipinski definition) is 2. The number of amides is 1. The molecule has 3 nitrogen and oxygen atoms in total. The van der Waals surface area contributed by atoms with Gasteiger partial charge in [-0.25, -0.2) is 0 Å². The van der Waals surface area contributed by atoms with Gasteiger partial charge in [-0.2, -0.15) is 0 Å². The molecule has 1 amide bonds. The number of carbonyl (C=O) groups excluding carboxylic acids is 1. The topological polar surface area (TPSA) is 29.5 Å². The van der Waals surface area contributed by atoms with Crippen LogP contribution in [-0.4, -0.2) is 17.9 Å². The number of halogens is 1. The first-order valence-corrected chi connectivity index (χ1v) is 10.8. The summed E-state index contributed by atoms with van der Waals surface area (Å²) in [6.07, 6.45) is 3.45. The van der Waals surface area contributed by atoms with Crippen LogP contribution in [0.1, 0.15) is 16.7 Å². The Morgan fingerprint density at radius 1 is 0.875 bits per heavy atom. The molecule has 0 aliphatic carbocycles. The van der Waals surface area contributed by atoms with Crippen molar-refractivity contribution in [2.45, 2.75) is 13.1 Å². The average Bonchev–Trinajstić information content (AvgIpc) is 2.83. The number of benzene rings is 4. The minimum atomic E-state index is -0.0521. The summed E-state index contributed by atoms with van der Waals surface area (Å²) in [4.78, 5) is 15.1. The molecule has 0 radical (unpaired) electrons. The van der Waals surface area contributed by atoms with Crippen LogP contribution in [0.25, 0.3) is 16.8 Å². The Kier molecular flexibility index (Phi) is 6.88. The van der Waals surface area contributed by atoms with Crippen molar-refractivity contribution >= 4 is 34.4 Å². The van der Waals surface area contributed by atoms with Gasteiger partial charge in [0.25, 0.3) is 0 Å². The molecular formula is C28H24ClNO2. The van der Waals surface area contributed by atoms with Crippen molar-refractivity contribution in [1.82, 2.24) is 4.90 Å². The van der Waals surface area contributed by atoms with Gasteiger partial charge in [0.05, 0.1) is 7.11 Å². The van der Waals surface area contributed by atoms with Crippen LogP contribution in [0.4, 0.5) is 0 Å². The predicted octanol–water partition coefficient (Wildman–Crippen LogP) is 6.74. The van der Waals surface area contributed by atoms with Crippen LogP contribution in [0.3, 0.4) is 0 Å². The SMILES string of the molecule is COc1ccc(CN(Cc2cccc3ccccc23)C(=O)/C=C/c2ccc(Cl)cc2)cc1. The number of carbonyl (C=O) groups is 1. The lowest BCUT2D eigenvalue weighted by Crippen LogP contribution is -2.28. The van der Waals surface area contributed by atoms with E-state index in [1.165, 1.54) is 5.39 Å². The Labute approximate surface area is 193 Å². The van der Waals surface area contributed by atoms with E-state index in [0.29, 0.717) is 18.1 Å². The van der Waals surface area contributed by atoms with E-state index in [0.717, 1.165) is 27.8 Å². The first-order chi connectivity index (χ1) is 15.6. The van der Waals surface area contributed by atoms with Gasteiger partial charge in [-0.05, 0) is 57.8 Å². The molecule has 32 heavy (non-hydrogen) atoms. The Bertz CT molecular complexity index is 1230. The van der Waals surface area contributed by atoms with Crippen LogP contribution in [0.5, 0.6) is 5.75 Å². The van der Waals surface area contributed by atoms with Gasteiger partial charge in [0.15, 0.2) is 0 Å². The van der Waals surface area contributed by atoms with Crippen molar-refractivity contribution in [3.8, 4) is 5.75 Å². The second-order valence-electron chi connectivity index (χ2n) is 7.57. The van der Waals surface area contributed by atoms with Crippen molar-refractivity contribution in [2.75, 3.05) is 7.11 Å². The lowest BCUT2D eigenvalue weighted by Gasteiger charge is -2.23. The van der Waals surface area contributed by atoms with Gasteiger partial charge in [0, 0.05) is 24.2 Å². The van der Waals surface area contributed by atoms with Gasteiger partial charge >= 0.3 is 0 Å². The van der Waals surface area contributed by atoms with Gasteiger partial charge in [-0.3, -0.25) is 4.79 Å². The standard InChI is InChI=1S/C28H24ClNO2/c1-32-26-16-11-22(12-17-26)19-30(28(31)18-13-21-9-14-25(29)15-10-21)20-24-7-4-6-23-5-2-3-8-27(23)24/h2-18H,19-20H2,1H3/b18-13+. The van der Waals surface area contributed by atoms with Gasteiger partial charge < -0.3 is 9.64 Å². The monoisotopic (exact) mass is 441 g/mol. The lowest BCUT2D eigenvalue weighted by molar-refractivity contribution is -0.127. The van der Waals surface area contributed by atoms with Crippen molar-refractivity contribution in [3.05, 3.63) is 119 Å². The molecule has 0 unspecified atom stereocenters. The molecule has 4 heteroatoms. The predicted molar refractivity (Wildman–Crippen MR) is 132 cm³/mol. The first kappa shape index (κ1) is 21.7. The number of fused-ring (bicyclic) bond motifs is 1. The third-order valence-corrected chi connectivity index (χ3v) is 5.63. The zero-order chi connectivity index (χ0) is 22.3. The molecule has 0 atom stereocenters. The van der Waals surface area contributed by atoms with Crippen LogP contribution in [-0.2, 0) is 17.9 Å². The normalized spacial score (nSPS) is 11.1. The van der Waals surface area contributed by atoms with Crippen molar-refractivity contribution in [3.63, 3.8) is 0 Å². The van der Waals surface area contributed by atoms with E-state index in [2.05, 4.69) is 24.3 Å². The zero-order valence-electron chi connectivity index (χ0n) is 17.9. The summed E-state index contributed by atoms with van der Waals surface area (Å²) in [5.41, 5.74) is 3.08. The van der Waals surface area contributed by atoms with Gasteiger partial charge in [0.2, 0.25) is 5.91 Å². The van der Waals surface area contributed by atoms with E-state index in [9.17, 15) is 4.79 Å². The van der Waals surface area contributed by atoms with Crippen LogP contribution in [0.2, 0.25) is 5.02 Å². The molecule has 0 saturated heterocycles. The molecule has 4 aromatic carbocycles. The summed E-state index contributed by atoms with van der Waals surface area (Å²) in [5.74, 6) is 0.743. The molecule has 0 N–H and O–H groups in total. The average molecular weight is 442 g/mol. The third-order valence-electron chi connectivity index (χ3n) is 5.37. The van der Waals surface area contributed by atoms with E-state index >= 15 is 0 Å². The highest BCUT2D eigenvalue weighted by Gasteiger charge is 2.14. The number of nitrogens with zero attached hydrogens (tertiary/aromatic N) is 1. The molecule has 0 fully saturated rings. The highest BCUT2D eigenvalue weighted by molar-refractivity contribution is 6.30. The fourth-order valence-corrected chi connectivity index (χ4v) is 3.77. The van der Waals surface area contributed by atoms with Gasteiger partial charge in [0.1, 0.15) is 5.75 Å². The maximum atomic E-state index is 13.2. The summed E-state index contributed by atoms with van der Waals surface area (Å²) in [7, 11) is 1.65. The van der Waals surface area contributed by atoms with Crippen molar-refractivity contribution in [2.24, 2.45) is 0 Å². The summed E-state index contributed by atoms with van der Waals surface area (Å²) in [5, 5.41) is 2.99. The fourth-order valence-electron chi connectivity index (χ4n) is 3.65. The lowest BCUT2D eigenvalue weighted by atomic mass is 10.0. The summed E-state index contributed by atoms with van der Waals surface area (Å²) < 4.78 is 5.26. The first-order valence-electron chi connectivity index (χ1n) is 10.4. The Morgan fingerprint density at radius 2 is 1.59 bits per heavy atom. The minimum absolute atomic E-state index is 0.0521. The molecule has 0 saturated carbocycles. The number of hydrogen-bond donors (Lipinski definition) is 0. The van der Waals surface area contributed by atoms with E-state index in [4.69, 9.17) is 16.3 Å². The molecule has 4 aromatic rings. The molecule has 0 aliphatic rings. The Morgan fingerprint density at radius 3 is 2.34 bits per heavy atom. The zero-order valence-corrected chi connectivity index (χ0v) is 18.6. The minimum Gasteiger partial charge on any atom is -0.497 e. The van der Waals surface area contributed by atoms with Gasteiger partial charge in [-0.1, -0.05) is 78.3 Å². The quantitative estimate of drug-likeness (QED) is 0.297. The van der Waals surface area contributed by atoms with Crippen LogP contribution in [0, 0.1) is 0 Å². The molecule has 0 spiro atoms.